The summed E-state index contributed by atoms with van der Waals surface area (Å²) >= 11 is 0. The van der Waals surface area contributed by atoms with Gasteiger partial charge >= 0.3 is 0 Å². The van der Waals surface area contributed by atoms with Crippen LogP contribution in [-0.2, 0) is 24.2 Å². The summed E-state index contributed by atoms with van der Waals surface area (Å²) in [6.45, 7) is 2.44. The van der Waals surface area contributed by atoms with Gasteiger partial charge in [0.15, 0.2) is 0 Å². The highest BCUT2D eigenvalue weighted by atomic mass is 16.5. The number of phenols is 1. The molecule has 3 N–H and O–H groups in total. The molecular weight excluding hydrogens is 278 g/mol. The molecule has 0 aliphatic carbocycles. The van der Waals surface area contributed by atoms with E-state index in [9.17, 15) is 9.90 Å². The average molecular weight is 299 g/mol. The topological polar surface area (TPSA) is 72.5 Å². The van der Waals surface area contributed by atoms with Gasteiger partial charge in [-0.15, -0.1) is 0 Å². The van der Waals surface area contributed by atoms with Gasteiger partial charge in [-0.1, -0.05) is 31.5 Å². The second-order valence-corrected chi connectivity index (χ2v) is 5.20. The molecule has 0 fully saturated rings. The van der Waals surface area contributed by atoms with Crippen LogP contribution in [0.2, 0.25) is 0 Å². The van der Waals surface area contributed by atoms with Crippen LogP contribution in [0.5, 0.6) is 11.5 Å². The molecular formula is C18H21NO3. The Balaban J connectivity index is 2.20. The number of aldehydes is 1. The smallest absolute Gasteiger partial charge is 0.126 e. The molecule has 0 amide bonds. The number of carbonyl (C=O) groups is 1. The van der Waals surface area contributed by atoms with Crippen molar-refractivity contribution in [3.8, 4) is 11.5 Å². The summed E-state index contributed by atoms with van der Waals surface area (Å²) < 4.78 is 5.84. The molecule has 0 spiro atoms. The normalized spacial score (nSPS) is 10.4. The third-order valence-corrected chi connectivity index (χ3v) is 3.50. The Labute approximate surface area is 130 Å². The van der Waals surface area contributed by atoms with Crippen LogP contribution in [0.3, 0.4) is 0 Å². The van der Waals surface area contributed by atoms with Crippen molar-refractivity contribution in [1.82, 2.24) is 0 Å². The number of anilines is 1. The lowest BCUT2D eigenvalue weighted by atomic mass is 10.0. The number of hydrogen-bond acceptors (Lipinski definition) is 4. The number of carbonyl (C=O) groups excluding carboxylic acids is 1. The van der Waals surface area contributed by atoms with Gasteiger partial charge in [-0.2, -0.15) is 0 Å². The van der Waals surface area contributed by atoms with E-state index in [-0.39, 0.29) is 12.2 Å². The van der Waals surface area contributed by atoms with Crippen molar-refractivity contribution in [3.63, 3.8) is 0 Å². The highest BCUT2D eigenvalue weighted by Gasteiger charge is 2.13. The van der Waals surface area contributed by atoms with Gasteiger partial charge in [-0.3, -0.25) is 0 Å². The van der Waals surface area contributed by atoms with Crippen LogP contribution in [0.4, 0.5) is 5.69 Å². The van der Waals surface area contributed by atoms with E-state index < -0.39 is 0 Å². The minimum absolute atomic E-state index is 0.170. The van der Waals surface area contributed by atoms with Crippen LogP contribution in [0.25, 0.3) is 0 Å². The van der Waals surface area contributed by atoms with Gasteiger partial charge in [0.2, 0.25) is 0 Å². The van der Waals surface area contributed by atoms with Gasteiger partial charge in [0.25, 0.3) is 0 Å². The van der Waals surface area contributed by atoms with Gasteiger partial charge in [0.05, 0.1) is 0 Å². The van der Waals surface area contributed by atoms with Crippen molar-refractivity contribution in [1.29, 1.82) is 0 Å². The van der Waals surface area contributed by atoms with Crippen molar-refractivity contribution in [2.24, 2.45) is 0 Å². The molecule has 0 radical (unpaired) electrons. The molecule has 22 heavy (non-hydrogen) atoms. The third-order valence-electron chi connectivity index (χ3n) is 3.50. The largest absolute Gasteiger partial charge is 0.507 e. The maximum atomic E-state index is 10.7. The molecule has 0 saturated heterocycles. The van der Waals surface area contributed by atoms with Crippen molar-refractivity contribution in [3.05, 3.63) is 53.1 Å². The Morgan fingerprint density at radius 3 is 2.55 bits per heavy atom. The lowest BCUT2D eigenvalue weighted by Gasteiger charge is -2.15. The third kappa shape index (κ3) is 3.79. The Morgan fingerprint density at radius 1 is 1.18 bits per heavy atom. The van der Waals surface area contributed by atoms with Crippen LogP contribution in [0, 0.1) is 0 Å². The number of rotatable bonds is 7. The van der Waals surface area contributed by atoms with Crippen LogP contribution >= 0.6 is 0 Å². The van der Waals surface area contributed by atoms with Crippen LogP contribution in [0.1, 0.15) is 30.0 Å². The first-order chi connectivity index (χ1) is 10.7. The lowest BCUT2D eigenvalue weighted by Crippen LogP contribution is -2.01. The summed E-state index contributed by atoms with van der Waals surface area (Å²) in [5.74, 6) is 0.828. The quantitative estimate of drug-likeness (QED) is 0.608. The first-order valence-corrected chi connectivity index (χ1v) is 7.40. The number of hydrogen-bond donors (Lipinski definition) is 2. The van der Waals surface area contributed by atoms with E-state index >= 15 is 0 Å². The van der Waals surface area contributed by atoms with Crippen molar-refractivity contribution in [2.45, 2.75) is 32.8 Å². The molecule has 4 nitrogen and oxygen atoms in total. The molecule has 0 heterocycles. The minimum atomic E-state index is 0.170. The van der Waals surface area contributed by atoms with E-state index in [0.29, 0.717) is 30.0 Å². The summed E-state index contributed by atoms with van der Waals surface area (Å²) in [5, 5.41) is 10.3. The Hall–Kier alpha value is -2.49. The van der Waals surface area contributed by atoms with Crippen molar-refractivity contribution < 1.29 is 14.6 Å². The summed E-state index contributed by atoms with van der Waals surface area (Å²) in [6.07, 6.45) is 2.59. The average Bonchev–Trinajstić information content (AvgIpc) is 2.52. The first-order valence-electron chi connectivity index (χ1n) is 7.40. The molecule has 2 rings (SSSR count). The van der Waals surface area contributed by atoms with Gasteiger partial charge < -0.3 is 20.4 Å². The van der Waals surface area contributed by atoms with Crippen molar-refractivity contribution >= 4 is 12.0 Å². The minimum Gasteiger partial charge on any atom is -0.507 e. The van der Waals surface area contributed by atoms with Gasteiger partial charge in [-0.05, 0) is 30.2 Å². The molecule has 0 unspecified atom stereocenters. The Kier molecular flexibility index (Phi) is 5.42. The first kappa shape index (κ1) is 15.9. The fraction of sp³-hybridized carbons (Fsp3) is 0.278. The standard InChI is InChI=1S/C18H21NO3/c1-2-3-16-17(9-6-14(10-11-20)18(16)21)22-12-13-4-7-15(19)8-5-13/h4-9,11,21H,2-3,10,12,19H2,1H3. The fourth-order valence-corrected chi connectivity index (χ4v) is 2.32. The molecule has 0 aromatic heterocycles. The number of ether oxygens (including phenoxy) is 1. The SMILES string of the molecule is CCCc1c(OCc2ccc(N)cc2)ccc(CC=O)c1O. The zero-order valence-corrected chi connectivity index (χ0v) is 12.7. The van der Waals surface area contributed by atoms with E-state index in [0.717, 1.165) is 23.8 Å². The molecule has 116 valence electrons. The van der Waals surface area contributed by atoms with Gasteiger partial charge in [-0.25, -0.2) is 0 Å². The van der Waals surface area contributed by atoms with E-state index in [1.54, 1.807) is 6.07 Å². The van der Waals surface area contributed by atoms with E-state index in [4.69, 9.17) is 10.5 Å². The van der Waals surface area contributed by atoms with Gasteiger partial charge in [0, 0.05) is 23.2 Å². The molecule has 0 saturated carbocycles. The monoisotopic (exact) mass is 299 g/mol. The van der Waals surface area contributed by atoms with E-state index in [1.165, 1.54) is 0 Å². The summed E-state index contributed by atoms with van der Waals surface area (Å²) in [4.78, 5) is 10.7. The van der Waals surface area contributed by atoms with Crippen LogP contribution < -0.4 is 10.5 Å². The summed E-state index contributed by atoms with van der Waals surface area (Å²) in [5.41, 5.74) is 8.78. The molecule has 0 aliphatic rings. The number of benzene rings is 2. The number of aromatic hydroxyl groups is 1. The zero-order valence-electron chi connectivity index (χ0n) is 12.7. The van der Waals surface area contributed by atoms with Gasteiger partial charge in [0.1, 0.15) is 24.4 Å². The maximum absolute atomic E-state index is 10.7. The Bertz CT molecular complexity index is 636. The molecule has 0 bridgehead atoms. The summed E-state index contributed by atoms with van der Waals surface area (Å²) in [7, 11) is 0. The van der Waals surface area contributed by atoms with Crippen LogP contribution in [-0.4, -0.2) is 11.4 Å². The van der Waals surface area contributed by atoms with Crippen molar-refractivity contribution in [2.75, 3.05) is 5.73 Å². The molecule has 0 atom stereocenters. The highest BCUT2D eigenvalue weighted by Crippen LogP contribution is 2.33. The predicted octanol–water partition coefficient (Wildman–Crippen LogP) is 3.25. The number of nitrogen functional groups attached to an aromatic ring is 1. The maximum Gasteiger partial charge on any atom is 0.126 e. The van der Waals surface area contributed by atoms with Crippen LogP contribution in [0.15, 0.2) is 36.4 Å². The number of phenolic OH excluding ortho intramolecular Hbond substituents is 1. The van der Waals surface area contributed by atoms with E-state index in [2.05, 4.69) is 0 Å². The molecule has 0 aliphatic heterocycles. The fourth-order valence-electron chi connectivity index (χ4n) is 2.32. The van der Waals surface area contributed by atoms with E-state index in [1.807, 2.05) is 37.3 Å². The highest BCUT2D eigenvalue weighted by molar-refractivity contribution is 5.60. The molecule has 2 aromatic carbocycles. The summed E-state index contributed by atoms with van der Waals surface area (Å²) in [6, 6.07) is 11.0. The molecule has 4 heteroatoms. The Morgan fingerprint density at radius 2 is 1.91 bits per heavy atom. The predicted molar refractivity (Wildman–Crippen MR) is 87.1 cm³/mol. The number of nitrogens with two attached hydrogens (primary N) is 1. The lowest BCUT2D eigenvalue weighted by molar-refractivity contribution is -0.107. The second-order valence-electron chi connectivity index (χ2n) is 5.20. The molecule has 2 aromatic rings. The zero-order chi connectivity index (χ0) is 15.9. The second kappa shape index (κ2) is 7.50.